The van der Waals surface area contributed by atoms with E-state index in [-0.39, 0.29) is 0 Å². The van der Waals surface area contributed by atoms with Crippen LogP contribution in [0.2, 0.25) is 0 Å². The van der Waals surface area contributed by atoms with Crippen molar-refractivity contribution < 1.29 is 0 Å². The third-order valence-electron chi connectivity index (χ3n) is 4.29. The van der Waals surface area contributed by atoms with Crippen molar-refractivity contribution >= 4 is 0 Å². The fourth-order valence-corrected chi connectivity index (χ4v) is 3.17. The van der Waals surface area contributed by atoms with Gasteiger partial charge in [-0.05, 0) is 70.1 Å². The van der Waals surface area contributed by atoms with E-state index in [1.54, 1.807) is 0 Å². The van der Waals surface area contributed by atoms with E-state index >= 15 is 0 Å². The zero-order valence-corrected chi connectivity index (χ0v) is 10.6. The van der Waals surface area contributed by atoms with Gasteiger partial charge in [0.25, 0.3) is 0 Å². The summed E-state index contributed by atoms with van der Waals surface area (Å²) in [6, 6.07) is 0. The van der Waals surface area contributed by atoms with Crippen molar-refractivity contribution in [2.24, 2.45) is 11.8 Å². The topological polar surface area (TPSA) is 24.1 Å². The Kier molecular flexibility index (Phi) is 5.64. The van der Waals surface area contributed by atoms with Gasteiger partial charge >= 0.3 is 0 Å². The minimum Gasteiger partial charge on any atom is -0.316 e. The van der Waals surface area contributed by atoms with Crippen molar-refractivity contribution in [2.45, 2.75) is 51.4 Å². The SMILES string of the molecule is C1CCC(CNCCC2CCCNC2)CC1. The molecule has 0 bridgehead atoms. The van der Waals surface area contributed by atoms with E-state index < -0.39 is 0 Å². The molecule has 94 valence electrons. The number of rotatable bonds is 5. The van der Waals surface area contributed by atoms with Crippen LogP contribution in [0, 0.1) is 11.8 Å². The summed E-state index contributed by atoms with van der Waals surface area (Å²) < 4.78 is 0. The Hall–Kier alpha value is -0.0800. The van der Waals surface area contributed by atoms with E-state index in [1.165, 1.54) is 77.5 Å². The van der Waals surface area contributed by atoms with E-state index in [4.69, 9.17) is 0 Å². The van der Waals surface area contributed by atoms with E-state index in [2.05, 4.69) is 10.6 Å². The van der Waals surface area contributed by atoms with Gasteiger partial charge in [0.1, 0.15) is 0 Å². The molecule has 0 aromatic carbocycles. The van der Waals surface area contributed by atoms with Crippen LogP contribution < -0.4 is 10.6 Å². The first kappa shape index (κ1) is 12.4. The van der Waals surface area contributed by atoms with Gasteiger partial charge in [-0.2, -0.15) is 0 Å². The maximum atomic E-state index is 3.67. The maximum absolute atomic E-state index is 3.67. The first-order chi connectivity index (χ1) is 7.95. The Bertz CT molecular complexity index is 150. The lowest BCUT2D eigenvalue weighted by atomic mass is 9.89. The van der Waals surface area contributed by atoms with Crippen molar-refractivity contribution in [3.8, 4) is 0 Å². The summed E-state index contributed by atoms with van der Waals surface area (Å²) in [5, 5.41) is 7.17. The normalized spacial score (nSPS) is 28.1. The summed E-state index contributed by atoms with van der Waals surface area (Å²) in [6.07, 6.45) is 11.6. The second-order valence-electron chi connectivity index (χ2n) is 5.71. The highest BCUT2D eigenvalue weighted by molar-refractivity contribution is 4.71. The number of piperidine rings is 1. The smallest absolute Gasteiger partial charge is 0.00200 e. The molecule has 0 aromatic rings. The van der Waals surface area contributed by atoms with Crippen molar-refractivity contribution in [1.29, 1.82) is 0 Å². The molecule has 2 heteroatoms. The molecule has 0 amide bonds. The van der Waals surface area contributed by atoms with Gasteiger partial charge < -0.3 is 10.6 Å². The Morgan fingerprint density at radius 3 is 2.50 bits per heavy atom. The van der Waals surface area contributed by atoms with Crippen molar-refractivity contribution in [3.63, 3.8) is 0 Å². The molecule has 1 saturated carbocycles. The molecular formula is C14H28N2. The van der Waals surface area contributed by atoms with Crippen LogP contribution in [0.25, 0.3) is 0 Å². The first-order valence-electron chi connectivity index (χ1n) is 7.36. The van der Waals surface area contributed by atoms with Crippen LogP contribution >= 0.6 is 0 Å². The highest BCUT2D eigenvalue weighted by atomic mass is 14.9. The van der Waals surface area contributed by atoms with Crippen LogP contribution in [0.15, 0.2) is 0 Å². The average Bonchev–Trinajstić information content (AvgIpc) is 2.37. The molecule has 2 aliphatic rings. The van der Waals surface area contributed by atoms with Crippen molar-refractivity contribution in [1.82, 2.24) is 10.6 Å². The lowest BCUT2D eigenvalue weighted by molar-refractivity contribution is 0.321. The summed E-state index contributed by atoms with van der Waals surface area (Å²) in [5.41, 5.74) is 0. The fourth-order valence-electron chi connectivity index (χ4n) is 3.17. The molecule has 1 saturated heterocycles. The molecular weight excluding hydrogens is 196 g/mol. The van der Waals surface area contributed by atoms with E-state index in [0.717, 1.165) is 11.8 Å². The van der Waals surface area contributed by atoms with Gasteiger partial charge in [-0.15, -0.1) is 0 Å². The molecule has 2 fully saturated rings. The van der Waals surface area contributed by atoms with Crippen LogP contribution in [0.3, 0.4) is 0 Å². The average molecular weight is 224 g/mol. The predicted octanol–water partition coefficient (Wildman–Crippen LogP) is 2.55. The lowest BCUT2D eigenvalue weighted by Gasteiger charge is -2.24. The molecule has 2 N–H and O–H groups in total. The quantitative estimate of drug-likeness (QED) is 0.701. The zero-order chi connectivity index (χ0) is 11.1. The molecule has 1 aliphatic heterocycles. The predicted molar refractivity (Wildman–Crippen MR) is 69.7 cm³/mol. The molecule has 0 aromatic heterocycles. The molecule has 0 spiro atoms. The Balaban J connectivity index is 1.47. The van der Waals surface area contributed by atoms with Crippen LogP contribution in [-0.4, -0.2) is 26.2 Å². The highest BCUT2D eigenvalue weighted by Gasteiger charge is 2.14. The summed E-state index contributed by atoms with van der Waals surface area (Å²) >= 11 is 0. The van der Waals surface area contributed by atoms with Gasteiger partial charge in [-0.1, -0.05) is 19.3 Å². The summed E-state index contributed by atoms with van der Waals surface area (Å²) in [4.78, 5) is 0. The van der Waals surface area contributed by atoms with Crippen LogP contribution in [0.5, 0.6) is 0 Å². The second-order valence-corrected chi connectivity index (χ2v) is 5.71. The molecule has 2 rings (SSSR count). The summed E-state index contributed by atoms with van der Waals surface area (Å²) in [5.74, 6) is 1.92. The summed E-state index contributed by atoms with van der Waals surface area (Å²) in [6.45, 7) is 5.01. The number of hydrogen-bond acceptors (Lipinski definition) is 2. The van der Waals surface area contributed by atoms with E-state index in [0.29, 0.717) is 0 Å². The third-order valence-corrected chi connectivity index (χ3v) is 4.29. The van der Waals surface area contributed by atoms with Gasteiger partial charge in [0.05, 0.1) is 0 Å². The van der Waals surface area contributed by atoms with Crippen LogP contribution in [0.1, 0.15) is 51.4 Å². The van der Waals surface area contributed by atoms with Crippen LogP contribution in [-0.2, 0) is 0 Å². The zero-order valence-electron chi connectivity index (χ0n) is 10.6. The Morgan fingerprint density at radius 2 is 1.75 bits per heavy atom. The van der Waals surface area contributed by atoms with E-state index in [9.17, 15) is 0 Å². The van der Waals surface area contributed by atoms with Gasteiger partial charge in [0.2, 0.25) is 0 Å². The van der Waals surface area contributed by atoms with Gasteiger partial charge in [-0.3, -0.25) is 0 Å². The fraction of sp³-hybridized carbons (Fsp3) is 1.00. The van der Waals surface area contributed by atoms with Crippen molar-refractivity contribution in [3.05, 3.63) is 0 Å². The summed E-state index contributed by atoms with van der Waals surface area (Å²) in [7, 11) is 0. The molecule has 1 heterocycles. The lowest BCUT2D eigenvalue weighted by Crippen LogP contribution is -2.33. The van der Waals surface area contributed by atoms with Crippen molar-refractivity contribution in [2.75, 3.05) is 26.2 Å². The second kappa shape index (κ2) is 7.29. The third kappa shape index (κ3) is 4.42. The van der Waals surface area contributed by atoms with Gasteiger partial charge in [-0.25, -0.2) is 0 Å². The number of nitrogens with one attached hydrogen (secondary N) is 2. The largest absolute Gasteiger partial charge is 0.316 e. The first-order valence-corrected chi connectivity index (χ1v) is 7.36. The molecule has 16 heavy (non-hydrogen) atoms. The highest BCUT2D eigenvalue weighted by Crippen LogP contribution is 2.22. The van der Waals surface area contributed by atoms with Gasteiger partial charge in [0.15, 0.2) is 0 Å². The minimum absolute atomic E-state index is 0.938. The molecule has 1 unspecified atom stereocenters. The van der Waals surface area contributed by atoms with Crippen LogP contribution in [0.4, 0.5) is 0 Å². The molecule has 0 radical (unpaired) electrons. The Labute approximate surface area is 101 Å². The minimum atomic E-state index is 0.938. The molecule has 1 aliphatic carbocycles. The molecule has 2 nitrogen and oxygen atoms in total. The Morgan fingerprint density at radius 1 is 0.938 bits per heavy atom. The monoisotopic (exact) mass is 224 g/mol. The maximum Gasteiger partial charge on any atom is -0.00200 e. The number of hydrogen-bond donors (Lipinski definition) is 2. The molecule has 1 atom stereocenters. The van der Waals surface area contributed by atoms with Gasteiger partial charge in [0, 0.05) is 0 Å². The standard InChI is InChI=1S/C14H28N2/c1-2-5-13(6-3-1)11-16-10-8-14-7-4-9-15-12-14/h13-16H,1-12H2. The van der Waals surface area contributed by atoms with E-state index in [1.807, 2.05) is 0 Å².